The van der Waals surface area contributed by atoms with E-state index >= 15 is 0 Å². The number of benzene rings is 2. The fraction of sp³-hybridized carbons (Fsp3) is 0.188. The molecule has 0 aliphatic rings. The molecule has 0 aliphatic carbocycles. The van der Waals surface area contributed by atoms with E-state index in [1.165, 1.54) is 0 Å². The van der Waals surface area contributed by atoms with Gasteiger partial charge < -0.3 is 14.9 Å². The van der Waals surface area contributed by atoms with Gasteiger partial charge in [0.1, 0.15) is 5.75 Å². The molecule has 1 unspecified atom stereocenters. The van der Waals surface area contributed by atoms with Gasteiger partial charge in [-0.2, -0.15) is 0 Å². The van der Waals surface area contributed by atoms with Gasteiger partial charge in [-0.15, -0.1) is 0 Å². The first-order chi connectivity index (χ1) is 9.74. The van der Waals surface area contributed by atoms with E-state index in [0.717, 1.165) is 17.4 Å². The highest BCUT2D eigenvalue weighted by atomic mass is 16.6. The molecule has 1 atom stereocenters. The van der Waals surface area contributed by atoms with Crippen LogP contribution in [0.15, 0.2) is 48.5 Å². The van der Waals surface area contributed by atoms with Gasteiger partial charge in [-0.05, 0) is 23.3 Å². The Morgan fingerprint density at radius 1 is 1.10 bits per heavy atom. The molecule has 2 rings (SSSR count). The second kappa shape index (κ2) is 6.84. The van der Waals surface area contributed by atoms with Gasteiger partial charge in [0, 0.05) is 18.6 Å². The van der Waals surface area contributed by atoms with Crippen LogP contribution in [0.2, 0.25) is 0 Å². The van der Waals surface area contributed by atoms with Crippen LogP contribution in [0.1, 0.15) is 16.8 Å². The summed E-state index contributed by atoms with van der Waals surface area (Å²) in [6.45, 7) is -0.133. The molecule has 0 saturated carbocycles. The van der Waals surface area contributed by atoms with E-state index in [2.05, 4.69) is 0 Å². The van der Waals surface area contributed by atoms with Gasteiger partial charge in [-0.3, -0.25) is 4.79 Å². The van der Waals surface area contributed by atoms with E-state index in [1.807, 2.05) is 30.3 Å². The lowest BCUT2D eigenvalue weighted by atomic mass is 10.0. The number of ether oxygens (including phenoxy) is 1. The summed E-state index contributed by atoms with van der Waals surface area (Å²) in [6, 6.07) is 14.4. The fourth-order valence-electron chi connectivity index (χ4n) is 1.90. The molecule has 0 fully saturated rings. The van der Waals surface area contributed by atoms with E-state index in [4.69, 9.17) is 9.84 Å². The van der Waals surface area contributed by atoms with Crippen molar-refractivity contribution in [3.05, 3.63) is 54.1 Å². The molecule has 2 aromatic rings. The molecule has 2 N–H and O–H groups in total. The van der Waals surface area contributed by atoms with Crippen molar-refractivity contribution in [3.8, 4) is 16.9 Å². The summed E-state index contributed by atoms with van der Waals surface area (Å²) in [7, 11) is 0. The van der Waals surface area contributed by atoms with Crippen molar-refractivity contribution in [2.75, 3.05) is 6.61 Å². The zero-order valence-corrected chi connectivity index (χ0v) is 10.9. The van der Waals surface area contributed by atoms with E-state index < -0.39 is 6.29 Å². The predicted octanol–water partition coefficient (Wildman–Crippen LogP) is 2.25. The molecule has 4 nitrogen and oxygen atoms in total. The first-order valence-corrected chi connectivity index (χ1v) is 6.35. The monoisotopic (exact) mass is 272 g/mol. The van der Waals surface area contributed by atoms with Gasteiger partial charge in [0.15, 0.2) is 12.6 Å². The highest BCUT2D eigenvalue weighted by Crippen LogP contribution is 2.25. The Labute approximate surface area is 117 Å². The highest BCUT2D eigenvalue weighted by molar-refractivity contribution is 5.87. The second-order valence-electron chi connectivity index (χ2n) is 4.31. The Bertz CT molecular complexity index is 563. The summed E-state index contributed by atoms with van der Waals surface area (Å²) in [5, 5.41) is 18.1. The van der Waals surface area contributed by atoms with Crippen LogP contribution >= 0.6 is 0 Å². The molecule has 104 valence electrons. The standard InChI is InChI=1S/C16H16O4/c17-10-9-16(19)20-14-7-5-12(6-8-14)15-4-2-1-3-13(15)11-18/h1-8,11,16-17,19H,9-10H2. The molecular formula is C16H16O4. The Hall–Kier alpha value is -2.17. The maximum atomic E-state index is 11.0. The lowest BCUT2D eigenvalue weighted by Gasteiger charge is -2.12. The summed E-state index contributed by atoms with van der Waals surface area (Å²) >= 11 is 0. The Kier molecular flexibility index (Phi) is 4.87. The molecule has 0 bridgehead atoms. The van der Waals surface area contributed by atoms with E-state index in [0.29, 0.717) is 11.3 Å². The lowest BCUT2D eigenvalue weighted by Crippen LogP contribution is -2.16. The van der Waals surface area contributed by atoms with Crippen LogP contribution in [0, 0.1) is 0 Å². The summed E-state index contributed by atoms with van der Waals surface area (Å²) < 4.78 is 5.23. The summed E-state index contributed by atoms with van der Waals surface area (Å²) in [5.41, 5.74) is 2.38. The van der Waals surface area contributed by atoms with Crippen molar-refractivity contribution in [1.82, 2.24) is 0 Å². The molecule has 0 saturated heterocycles. The van der Waals surface area contributed by atoms with E-state index in [1.54, 1.807) is 18.2 Å². The molecule has 0 aromatic heterocycles. The minimum absolute atomic E-state index is 0.133. The van der Waals surface area contributed by atoms with E-state index in [-0.39, 0.29) is 13.0 Å². The lowest BCUT2D eigenvalue weighted by molar-refractivity contribution is -0.0327. The number of aldehydes is 1. The first kappa shape index (κ1) is 14.2. The van der Waals surface area contributed by atoms with Gasteiger partial charge >= 0.3 is 0 Å². The average Bonchev–Trinajstić information content (AvgIpc) is 2.48. The Morgan fingerprint density at radius 2 is 1.80 bits per heavy atom. The molecule has 20 heavy (non-hydrogen) atoms. The van der Waals surface area contributed by atoms with Crippen molar-refractivity contribution >= 4 is 6.29 Å². The fourth-order valence-corrected chi connectivity index (χ4v) is 1.90. The van der Waals surface area contributed by atoms with Gasteiger partial charge in [-0.1, -0.05) is 36.4 Å². The predicted molar refractivity (Wildman–Crippen MR) is 75.6 cm³/mol. The van der Waals surface area contributed by atoms with Crippen molar-refractivity contribution in [2.45, 2.75) is 12.7 Å². The van der Waals surface area contributed by atoms with Crippen LogP contribution in [-0.2, 0) is 0 Å². The maximum Gasteiger partial charge on any atom is 0.199 e. The summed E-state index contributed by atoms with van der Waals surface area (Å²) in [6.07, 6.45) is -0.0337. The number of hydrogen-bond donors (Lipinski definition) is 2. The minimum atomic E-state index is -1.02. The SMILES string of the molecule is O=Cc1ccccc1-c1ccc(OC(O)CCO)cc1. The van der Waals surface area contributed by atoms with Gasteiger partial charge in [0.25, 0.3) is 0 Å². The molecule has 0 heterocycles. The maximum absolute atomic E-state index is 11.0. The first-order valence-electron chi connectivity index (χ1n) is 6.35. The molecule has 0 radical (unpaired) electrons. The quantitative estimate of drug-likeness (QED) is 0.625. The topological polar surface area (TPSA) is 66.8 Å². The number of aliphatic hydroxyl groups excluding tert-OH is 2. The van der Waals surface area contributed by atoms with Crippen LogP contribution in [0.25, 0.3) is 11.1 Å². The molecular weight excluding hydrogens is 256 g/mol. The van der Waals surface area contributed by atoms with Crippen LogP contribution in [0.3, 0.4) is 0 Å². The normalized spacial score (nSPS) is 11.9. The third-order valence-corrected chi connectivity index (χ3v) is 2.90. The largest absolute Gasteiger partial charge is 0.465 e. The van der Waals surface area contributed by atoms with Gasteiger partial charge in [0.05, 0.1) is 0 Å². The minimum Gasteiger partial charge on any atom is -0.465 e. The molecule has 4 heteroatoms. The number of rotatable bonds is 6. The smallest absolute Gasteiger partial charge is 0.199 e. The number of aliphatic hydroxyl groups is 2. The Morgan fingerprint density at radius 3 is 2.45 bits per heavy atom. The number of carbonyl (C=O) groups excluding carboxylic acids is 1. The summed E-state index contributed by atoms with van der Waals surface area (Å²) in [5.74, 6) is 0.512. The zero-order valence-electron chi connectivity index (χ0n) is 10.9. The molecule has 0 spiro atoms. The van der Waals surface area contributed by atoms with Gasteiger partial charge in [0.2, 0.25) is 0 Å². The van der Waals surface area contributed by atoms with E-state index in [9.17, 15) is 9.90 Å². The van der Waals surface area contributed by atoms with Crippen LogP contribution in [0.5, 0.6) is 5.75 Å². The van der Waals surface area contributed by atoms with Crippen molar-refractivity contribution in [1.29, 1.82) is 0 Å². The second-order valence-corrected chi connectivity index (χ2v) is 4.31. The van der Waals surface area contributed by atoms with Crippen LogP contribution in [-0.4, -0.2) is 29.4 Å². The Balaban J connectivity index is 2.17. The number of hydrogen-bond acceptors (Lipinski definition) is 4. The van der Waals surface area contributed by atoms with Crippen LogP contribution in [0.4, 0.5) is 0 Å². The molecule has 0 aliphatic heterocycles. The number of carbonyl (C=O) groups is 1. The van der Waals surface area contributed by atoms with Crippen molar-refractivity contribution in [3.63, 3.8) is 0 Å². The zero-order chi connectivity index (χ0) is 14.4. The molecule has 0 amide bonds. The molecule has 2 aromatic carbocycles. The third-order valence-electron chi connectivity index (χ3n) is 2.90. The third kappa shape index (κ3) is 3.44. The van der Waals surface area contributed by atoms with Crippen molar-refractivity contribution in [2.24, 2.45) is 0 Å². The van der Waals surface area contributed by atoms with Crippen molar-refractivity contribution < 1.29 is 19.7 Å². The average molecular weight is 272 g/mol. The van der Waals surface area contributed by atoms with Gasteiger partial charge in [-0.25, -0.2) is 0 Å². The summed E-state index contributed by atoms with van der Waals surface area (Å²) in [4.78, 5) is 11.0. The van der Waals surface area contributed by atoms with Crippen LogP contribution < -0.4 is 4.74 Å². The highest BCUT2D eigenvalue weighted by Gasteiger charge is 2.07.